The van der Waals surface area contributed by atoms with E-state index in [0.717, 1.165) is 6.92 Å². The molecule has 6 atom stereocenters. The van der Waals surface area contributed by atoms with Crippen molar-refractivity contribution >= 4 is 23.7 Å². The summed E-state index contributed by atoms with van der Waals surface area (Å²) in [6.07, 6.45) is -4.73. The summed E-state index contributed by atoms with van der Waals surface area (Å²) in [5, 5.41) is 28.2. The van der Waals surface area contributed by atoms with Crippen LogP contribution in [0.5, 0.6) is 5.75 Å². The highest BCUT2D eigenvalue weighted by Crippen LogP contribution is 2.27. The van der Waals surface area contributed by atoms with Crippen LogP contribution in [0.15, 0.2) is 24.3 Å². The maximum absolute atomic E-state index is 14.6. The minimum absolute atomic E-state index is 0.0213. The number of nitrogens with one attached hydrogen (secondary N) is 3. The van der Waals surface area contributed by atoms with Crippen LogP contribution in [0.4, 0.5) is 22.0 Å². The first-order valence-corrected chi connectivity index (χ1v) is 13.4. The number of aliphatic hydroxyl groups excluding tert-OH is 1. The predicted octanol–water partition coefficient (Wildman–Crippen LogP) is 0.987. The molecule has 0 aromatic heterocycles. The van der Waals surface area contributed by atoms with E-state index in [4.69, 9.17) is 9.47 Å². The van der Waals surface area contributed by atoms with Gasteiger partial charge in [0.05, 0.1) is 48.8 Å². The van der Waals surface area contributed by atoms with Gasteiger partial charge in [-0.05, 0) is 26.0 Å². The molecule has 0 saturated carbocycles. The fraction of sp³-hybridized carbons (Fsp3) is 0.429. The first-order valence-electron chi connectivity index (χ1n) is 13.4. The maximum atomic E-state index is 14.6. The zero-order chi connectivity index (χ0) is 32.5. The second kappa shape index (κ2) is 13.1. The van der Waals surface area contributed by atoms with Crippen LogP contribution in [-0.2, 0) is 30.3 Å². The molecule has 0 bridgehead atoms. The van der Waals surface area contributed by atoms with Gasteiger partial charge in [0.1, 0.15) is 11.8 Å². The van der Waals surface area contributed by atoms with E-state index in [-0.39, 0.29) is 18.8 Å². The molecule has 2 aromatic rings. The van der Waals surface area contributed by atoms with Crippen molar-refractivity contribution in [1.29, 1.82) is 0 Å². The van der Waals surface area contributed by atoms with Crippen molar-refractivity contribution in [2.24, 2.45) is 11.8 Å². The molecule has 2 fully saturated rings. The second-order valence-electron chi connectivity index (χ2n) is 10.6. The summed E-state index contributed by atoms with van der Waals surface area (Å²) < 4.78 is 81.3. The van der Waals surface area contributed by atoms with Crippen molar-refractivity contribution in [3.8, 4) is 5.75 Å². The standard InChI is InChI=1S/C28H28F5N3O8/c1-10-23(38)15(7-14-17(29)19(31)21(33)20(32)18(14)30)35-26(40)22(36-25(39)13-5-3-4-6-16(13)37)11(2)34-27(41)24(44-28(10)42)12-8-43-9-12/h3-6,10-12,15,22-24,37-38H,7-9H2,1-2H3,(H,34,41)(H,35,40)(H,36,39). The van der Waals surface area contributed by atoms with Gasteiger partial charge in [-0.1, -0.05) is 12.1 Å². The highest BCUT2D eigenvalue weighted by Gasteiger charge is 2.43. The number of ether oxygens (including phenoxy) is 2. The van der Waals surface area contributed by atoms with E-state index in [1.54, 1.807) is 0 Å². The third kappa shape index (κ3) is 6.45. The van der Waals surface area contributed by atoms with Crippen LogP contribution in [0.2, 0.25) is 0 Å². The number of carbonyl (C=O) groups is 4. The Balaban J connectivity index is 1.75. The first-order chi connectivity index (χ1) is 20.7. The van der Waals surface area contributed by atoms with Gasteiger partial charge in [-0.25, -0.2) is 22.0 Å². The summed E-state index contributed by atoms with van der Waals surface area (Å²) in [6.45, 7) is 2.43. The van der Waals surface area contributed by atoms with Crippen LogP contribution >= 0.6 is 0 Å². The van der Waals surface area contributed by atoms with Crippen molar-refractivity contribution in [2.75, 3.05) is 13.2 Å². The number of hydrogen-bond donors (Lipinski definition) is 5. The van der Waals surface area contributed by atoms with Gasteiger partial charge >= 0.3 is 5.97 Å². The summed E-state index contributed by atoms with van der Waals surface area (Å²) in [5.41, 5.74) is -1.66. The maximum Gasteiger partial charge on any atom is 0.312 e. The predicted molar refractivity (Wildman–Crippen MR) is 138 cm³/mol. The number of esters is 1. The van der Waals surface area contributed by atoms with Crippen LogP contribution in [-0.4, -0.2) is 77.5 Å². The van der Waals surface area contributed by atoms with E-state index in [2.05, 4.69) is 16.0 Å². The summed E-state index contributed by atoms with van der Waals surface area (Å²) >= 11 is 0. The number of benzene rings is 2. The number of phenolic OH excluding ortho intramolecular Hbond substituents is 1. The van der Waals surface area contributed by atoms with E-state index in [0.29, 0.717) is 0 Å². The molecule has 0 spiro atoms. The van der Waals surface area contributed by atoms with Crippen molar-refractivity contribution < 1.29 is 60.8 Å². The Hall–Kier alpha value is -4.31. The third-order valence-electron chi connectivity index (χ3n) is 7.53. The molecule has 44 heavy (non-hydrogen) atoms. The number of phenols is 1. The molecule has 2 aromatic carbocycles. The van der Waals surface area contributed by atoms with Gasteiger partial charge in [0.15, 0.2) is 29.4 Å². The number of rotatable bonds is 5. The van der Waals surface area contributed by atoms with E-state index in [9.17, 15) is 51.3 Å². The zero-order valence-corrected chi connectivity index (χ0v) is 23.2. The highest BCUT2D eigenvalue weighted by molar-refractivity contribution is 6.00. The first kappa shape index (κ1) is 32.6. The summed E-state index contributed by atoms with van der Waals surface area (Å²) in [7, 11) is 0. The molecule has 2 aliphatic rings. The van der Waals surface area contributed by atoms with Gasteiger partial charge in [-0.15, -0.1) is 0 Å². The molecule has 2 heterocycles. The van der Waals surface area contributed by atoms with Gasteiger partial charge in [0.25, 0.3) is 11.8 Å². The Morgan fingerprint density at radius 2 is 1.52 bits per heavy atom. The van der Waals surface area contributed by atoms with E-state index < -0.39 is 113 Å². The van der Waals surface area contributed by atoms with Gasteiger partial charge < -0.3 is 35.6 Å². The number of cyclic esters (lactones) is 1. The van der Waals surface area contributed by atoms with Crippen LogP contribution in [0.3, 0.4) is 0 Å². The highest BCUT2D eigenvalue weighted by atomic mass is 19.2. The van der Waals surface area contributed by atoms with Crippen LogP contribution < -0.4 is 16.0 Å². The number of para-hydroxylation sites is 1. The van der Waals surface area contributed by atoms with Crippen LogP contribution in [0, 0.1) is 40.9 Å². The fourth-order valence-corrected chi connectivity index (χ4v) is 4.78. The lowest BCUT2D eigenvalue weighted by atomic mass is 9.91. The Kier molecular flexibility index (Phi) is 9.73. The molecule has 3 amide bonds. The van der Waals surface area contributed by atoms with Gasteiger partial charge in [-0.2, -0.15) is 0 Å². The molecule has 6 unspecified atom stereocenters. The number of amides is 3. The monoisotopic (exact) mass is 629 g/mol. The number of carbonyl (C=O) groups excluding carboxylic acids is 4. The topological polar surface area (TPSA) is 163 Å². The fourth-order valence-electron chi connectivity index (χ4n) is 4.78. The Morgan fingerprint density at radius 3 is 2.09 bits per heavy atom. The molecule has 16 heteroatoms. The van der Waals surface area contributed by atoms with Crippen molar-refractivity contribution in [3.63, 3.8) is 0 Å². The second-order valence-corrected chi connectivity index (χ2v) is 10.6. The van der Waals surface area contributed by atoms with E-state index in [1.165, 1.54) is 31.2 Å². The SMILES string of the molecule is CC1NC(=O)C(C2COC2)OC(=O)C(C)C(O)C(Cc2c(F)c(F)c(F)c(F)c2F)NC(=O)C1NC(=O)c1ccccc1O. The van der Waals surface area contributed by atoms with Crippen molar-refractivity contribution in [3.05, 3.63) is 64.5 Å². The van der Waals surface area contributed by atoms with Crippen molar-refractivity contribution in [2.45, 2.75) is 50.6 Å². The Bertz CT molecular complexity index is 1440. The number of halogens is 5. The number of hydrogen-bond acceptors (Lipinski definition) is 8. The quantitative estimate of drug-likeness (QED) is 0.142. The van der Waals surface area contributed by atoms with Crippen molar-refractivity contribution in [1.82, 2.24) is 16.0 Å². The lowest BCUT2D eigenvalue weighted by Crippen LogP contribution is -2.63. The smallest absolute Gasteiger partial charge is 0.312 e. The normalized spacial score (nSPS) is 26.8. The lowest BCUT2D eigenvalue weighted by Gasteiger charge is -2.37. The molecule has 4 rings (SSSR count). The minimum Gasteiger partial charge on any atom is -0.507 e. The largest absolute Gasteiger partial charge is 0.507 e. The van der Waals surface area contributed by atoms with Gasteiger partial charge in [0.2, 0.25) is 11.7 Å². The molecule has 0 aliphatic carbocycles. The Morgan fingerprint density at radius 1 is 0.932 bits per heavy atom. The van der Waals surface area contributed by atoms with Crippen LogP contribution in [0.25, 0.3) is 0 Å². The average Bonchev–Trinajstić information content (AvgIpc) is 2.96. The molecular weight excluding hydrogens is 601 g/mol. The molecule has 2 saturated heterocycles. The summed E-state index contributed by atoms with van der Waals surface area (Å²) in [5.74, 6) is -18.3. The van der Waals surface area contributed by atoms with E-state index in [1.807, 2.05) is 0 Å². The number of aromatic hydroxyl groups is 1. The summed E-state index contributed by atoms with van der Waals surface area (Å²) in [4.78, 5) is 52.8. The van der Waals surface area contributed by atoms with Crippen LogP contribution in [0.1, 0.15) is 29.8 Å². The number of aliphatic hydroxyl groups is 1. The van der Waals surface area contributed by atoms with Gasteiger partial charge in [-0.3, -0.25) is 19.2 Å². The third-order valence-corrected chi connectivity index (χ3v) is 7.53. The minimum atomic E-state index is -2.42. The molecule has 2 aliphatic heterocycles. The Labute approximate surface area is 246 Å². The molecule has 0 radical (unpaired) electrons. The molecule has 238 valence electrons. The molecule has 5 N–H and O–H groups in total. The molecular formula is C28H28F5N3O8. The average molecular weight is 630 g/mol. The van der Waals surface area contributed by atoms with E-state index >= 15 is 0 Å². The summed E-state index contributed by atoms with van der Waals surface area (Å²) in [6, 6.07) is 0.372. The van der Waals surface area contributed by atoms with Gasteiger partial charge in [0, 0.05) is 12.0 Å². The zero-order valence-electron chi connectivity index (χ0n) is 23.2. The molecule has 11 nitrogen and oxygen atoms in total. The lowest BCUT2D eigenvalue weighted by molar-refractivity contribution is -0.178.